The lowest BCUT2D eigenvalue weighted by Gasteiger charge is -2.23. The molecular weight excluding hydrogens is 408 g/mol. The average Bonchev–Trinajstić information content (AvgIpc) is 3.39. The van der Waals surface area contributed by atoms with E-state index >= 15 is 0 Å². The molecule has 0 bridgehead atoms. The zero-order valence-electron chi connectivity index (χ0n) is 17.7. The van der Waals surface area contributed by atoms with Gasteiger partial charge >= 0.3 is 5.97 Å². The molecule has 164 valence electrons. The van der Waals surface area contributed by atoms with E-state index in [1.807, 2.05) is 49.4 Å². The van der Waals surface area contributed by atoms with Crippen LogP contribution in [0.25, 0.3) is 0 Å². The Hall–Kier alpha value is -3.67. The Morgan fingerprint density at radius 3 is 2.56 bits per heavy atom. The number of para-hydroxylation sites is 1. The third-order valence-corrected chi connectivity index (χ3v) is 6.23. The second-order valence-electron chi connectivity index (χ2n) is 8.13. The fourth-order valence-electron chi connectivity index (χ4n) is 4.88. The van der Waals surface area contributed by atoms with Crippen molar-refractivity contribution in [1.82, 2.24) is 0 Å². The first-order chi connectivity index (χ1) is 15.6. The molecule has 0 saturated heterocycles. The van der Waals surface area contributed by atoms with E-state index in [2.05, 4.69) is 0 Å². The summed E-state index contributed by atoms with van der Waals surface area (Å²) in [6.45, 7) is 2.77. The largest absolute Gasteiger partial charge is 0.508 e. The van der Waals surface area contributed by atoms with Gasteiger partial charge in [0.25, 0.3) is 0 Å². The normalized spacial score (nSPS) is 20.7. The second kappa shape index (κ2) is 8.11. The van der Waals surface area contributed by atoms with E-state index in [-0.39, 0.29) is 12.5 Å². The molecule has 2 N–H and O–H groups in total. The summed E-state index contributed by atoms with van der Waals surface area (Å²) >= 11 is 0. The summed E-state index contributed by atoms with van der Waals surface area (Å²) < 4.78 is 16.8. The fourth-order valence-corrected chi connectivity index (χ4v) is 4.88. The number of hydrogen-bond acceptors (Lipinski definition) is 5. The van der Waals surface area contributed by atoms with Gasteiger partial charge in [-0.2, -0.15) is 0 Å². The highest BCUT2D eigenvalue weighted by Crippen LogP contribution is 2.55. The van der Waals surface area contributed by atoms with Gasteiger partial charge in [-0.15, -0.1) is 0 Å². The predicted octanol–water partition coefficient (Wildman–Crippen LogP) is 4.89. The van der Waals surface area contributed by atoms with Gasteiger partial charge in [0, 0.05) is 17.4 Å². The summed E-state index contributed by atoms with van der Waals surface area (Å²) in [7, 11) is 0. The molecule has 0 fully saturated rings. The summed E-state index contributed by atoms with van der Waals surface area (Å²) in [5.41, 5.74) is 3.20. The van der Waals surface area contributed by atoms with Gasteiger partial charge in [-0.25, -0.2) is 0 Å². The molecule has 6 heteroatoms. The second-order valence-corrected chi connectivity index (χ2v) is 8.13. The van der Waals surface area contributed by atoms with Crippen molar-refractivity contribution < 1.29 is 29.2 Å². The first-order valence-corrected chi connectivity index (χ1v) is 10.8. The molecule has 1 aliphatic carbocycles. The van der Waals surface area contributed by atoms with E-state index in [1.54, 1.807) is 18.2 Å². The van der Waals surface area contributed by atoms with Crippen LogP contribution >= 0.6 is 0 Å². The van der Waals surface area contributed by atoms with Gasteiger partial charge < -0.3 is 24.4 Å². The minimum absolute atomic E-state index is 0.0842. The minimum Gasteiger partial charge on any atom is -0.508 e. The first-order valence-electron chi connectivity index (χ1n) is 10.8. The van der Waals surface area contributed by atoms with Gasteiger partial charge in [-0.1, -0.05) is 37.3 Å². The maximum Gasteiger partial charge on any atom is 0.308 e. The summed E-state index contributed by atoms with van der Waals surface area (Å²) in [5.74, 6) is -0.622. The van der Waals surface area contributed by atoms with Crippen LogP contribution in [0.5, 0.6) is 23.0 Å². The van der Waals surface area contributed by atoms with E-state index in [1.165, 1.54) is 0 Å². The number of carboxylic acid groups (broad SMARTS) is 1. The van der Waals surface area contributed by atoms with Crippen molar-refractivity contribution in [2.45, 2.75) is 25.2 Å². The lowest BCUT2D eigenvalue weighted by atomic mass is 9.79. The van der Waals surface area contributed by atoms with Crippen molar-refractivity contribution in [3.05, 3.63) is 82.9 Å². The Labute approximate surface area is 186 Å². The molecule has 3 atom stereocenters. The lowest BCUT2D eigenvalue weighted by molar-refractivity contribution is -0.142. The Morgan fingerprint density at radius 2 is 1.78 bits per heavy atom. The number of benzene rings is 3. The minimum atomic E-state index is -0.923. The molecule has 6 nitrogen and oxygen atoms in total. The number of carboxylic acids is 1. The molecule has 0 aromatic heterocycles. The fraction of sp³-hybridized carbons (Fsp3) is 0.269. The molecule has 5 rings (SSSR count). The van der Waals surface area contributed by atoms with Crippen molar-refractivity contribution in [3.63, 3.8) is 0 Å². The number of phenolic OH excluding ortho intramolecular Hbond substituents is 1. The van der Waals surface area contributed by atoms with Crippen molar-refractivity contribution in [2.24, 2.45) is 5.92 Å². The molecule has 3 unspecified atom stereocenters. The van der Waals surface area contributed by atoms with E-state index in [4.69, 9.17) is 14.2 Å². The smallest absolute Gasteiger partial charge is 0.308 e. The molecule has 0 amide bonds. The van der Waals surface area contributed by atoms with Crippen molar-refractivity contribution in [2.75, 3.05) is 13.4 Å². The standard InChI is InChI=1S/C26H24O6/c1-2-11-30-16-8-9-17-19(13-16)24(18-5-3-4-6-20(18)27)25(26(28)29)23(17)15-7-10-21-22(12-15)32-14-31-21/h3-10,12-13,23-25,27H,2,11,14H2,1H3,(H,28,29). The summed E-state index contributed by atoms with van der Waals surface area (Å²) in [6.07, 6.45) is 0.873. The summed E-state index contributed by atoms with van der Waals surface area (Å²) in [5, 5.41) is 21.0. The number of rotatable bonds is 6. The molecular formula is C26H24O6. The number of aliphatic carboxylic acids is 1. The van der Waals surface area contributed by atoms with Crippen molar-refractivity contribution in [3.8, 4) is 23.0 Å². The number of hydrogen-bond donors (Lipinski definition) is 2. The van der Waals surface area contributed by atoms with Gasteiger partial charge in [0.2, 0.25) is 6.79 Å². The van der Waals surface area contributed by atoms with Crippen LogP contribution in [-0.4, -0.2) is 29.6 Å². The zero-order chi connectivity index (χ0) is 22.2. The molecule has 0 saturated carbocycles. The Morgan fingerprint density at radius 1 is 0.969 bits per heavy atom. The van der Waals surface area contributed by atoms with Crippen LogP contribution in [0, 0.1) is 5.92 Å². The predicted molar refractivity (Wildman–Crippen MR) is 118 cm³/mol. The number of aromatic hydroxyl groups is 1. The summed E-state index contributed by atoms with van der Waals surface area (Å²) in [6, 6.07) is 18.3. The molecule has 32 heavy (non-hydrogen) atoms. The van der Waals surface area contributed by atoms with Gasteiger partial charge in [0.15, 0.2) is 11.5 Å². The monoisotopic (exact) mass is 432 g/mol. The Kier molecular flexibility index (Phi) is 5.13. The van der Waals surface area contributed by atoms with Crippen LogP contribution in [0.15, 0.2) is 60.7 Å². The number of phenols is 1. The van der Waals surface area contributed by atoms with Gasteiger partial charge in [-0.05, 0) is 53.4 Å². The van der Waals surface area contributed by atoms with Crippen molar-refractivity contribution in [1.29, 1.82) is 0 Å². The van der Waals surface area contributed by atoms with E-state index in [9.17, 15) is 15.0 Å². The number of ether oxygens (including phenoxy) is 3. The maximum absolute atomic E-state index is 12.7. The van der Waals surface area contributed by atoms with Crippen LogP contribution in [0.3, 0.4) is 0 Å². The Balaban J connectivity index is 1.69. The SMILES string of the molecule is CCCOc1ccc2c(c1)C(c1ccccc1O)C(C(=O)O)C2c1ccc2c(c1)OCO2. The topological polar surface area (TPSA) is 85.2 Å². The van der Waals surface area contributed by atoms with Crippen LogP contribution in [0.4, 0.5) is 0 Å². The molecule has 3 aromatic rings. The van der Waals surface area contributed by atoms with Crippen LogP contribution in [0.2, 0.25) is 0 Å². The van der Waals surface area contributed by atoms with E-state index < -0.39 is 23.7 Å². The highest BCUT2D eigenvalue weighted by molar-refractivity contribution is 5.78. The van der Waals surface area contributed by atoms with E-state index in [0.29, 0.717) is 29.4 Å². The molecule has 2 aliphatic rings. The molecule has 1 aliphatic heterocycles. The third kappa shape index (κ3) is 3.32. The third-order valence-electron chi connectivity index (χ3n) is 6.23. The van der Waals surface area contributed by atoms with Crippen LogP contribution < -0.4 is 14.2 Å². The summed E-state index contributed by atoms with van der Waals surface area (Å²) in [4.78, 5) is 12.7. The quantitative estimate of drug-likeness (QED) is 0.577. The lowest BCUT2D eigenvalue weighted by Crippen LogP contribution is -2.24. The van der Waals surface area contributed by atoms with Gasteiger partial charge in [-0.3, -0.25) is 4.79 Å². The average molecular weight is 432 g/mol. The molecule has 0 radical (unpaired) electrons. The van der Waals surface area contributed by atoms with Crippen LogP contribution in [0.1, 0.15) is 47.4 Å². The highest BCUT2D eigenvalue weighted by atomic mass is 16.7. The zero-order valence-corrected chi connectivity index (χ0v) is 17.7. The van der Waals surface area contributed by atoms with E-state index in [0.717, 1.165) is 23.1 Å². The number of fused-ring (bicyclic) bond motifs is 2. The molecule has 1 heterocycles. The first kappa shape index (κ1) is 20.2. The van der Waals surface area contributed by atoms with Crippen LogP contribution in [-0.2, 0) is 4.79 Å². The highest BCUT2D eigenvalue weighted by Gasteiger charge is 2.47. The molecule has 3 aromatic carbocycles. The van der Waals surface area contributed by atoms with Crippen molar-refractivity contribution >= 4 is 5.97 Å². The Bertz CT molecular complexity index is 1170. The van der Waals surface area contributed by atoms with Gasteiger partial charge in [0.1, 0.15) is 11.5 Å². The number of carbonyl (C=O) groups is 1. The maximum atomic E-state index is 12.7. The molecule has 0 spiro atoms. The van der Waals surface area contributed by atoms with Gasteiger partial charge in [0.05, 0.1) is 12.5 Å².